The predicted octanol–water partition coefficient (Wildman–Crippen LogP) is 3.88. The van der Waals surface area contributed by atoms with Gasteiger partial charge in [0.05, 0.1) is 10.9 Å². The number of hydrogen-bond acceptors (Lipinski definition) is 3. The summed E-state index contributed by atoms with van der Waals surface area (Å²) in [6.07, 6.45) is 0.735. The second-order valence-corrected chi connectivity index (χ2v) is 6.91. The molecule has 1 aromatic rings. The average Bonchev–Trinajstić information content (AvgIpc) is 2.75. The van der Waals surface area contributed by atoms with Crippen molar-refractivity contribution >= 4 is 40.9 Å². The number of carboxylic acid groups (broad SMARTS) is 1. The van der Waals surface area contributed by atoms with Crippen molar-refractivity contribution in [2.45, 2.75) is 24.3 Å². The van der Waals surface area contributed by atoms with Gasteiger partial charge in [0.25, 0.3) is 0 Å². The number of halogens is 2. The van der Waals surface area contributed by atoms with Crippen LogP contribution in [0.5, 0.6) is 0 Å². The van der Waals surface area contributed by atoms with Gasteiger partial charge >= 0.3 is 5.97 Å². The highest BCUT2D eigenvalue weighted by Crippen LogP contribution is 2.31. The SMILES string of the molecule is CC1C(C(=O)O)CCN1CCSc1cc(Cl)ccc1Cl. The fraction of sp³-hybridized carbons (Fsp3) is 0.500. The second kappa shape index (κ2) is 7.03. The highest BCUT2D eigenvalue weighted by Gasteiger charge is 2.34. The monoisotopic (exact) mass is 333 g/mol. The maximum Gasteiger partial charge on any atom is 0.308 e. The van der Waals surface area contributed by atoms with Gasteiger partial charge in [-0.3, -0.25) is 9.69 Å². The number of rotatable bonds is 5. The van der Waals surface area contributed by atoms with Crippen LogP contribution in [0, 0.1) is 5.92 Å². The Bertz CT molecular complexity index is 498. The van der Waals surface area contributed by atoms with Crippen molar-refractivity contribution in [1.29, 1.82) is 0 Å². The Hall–Kier alpha value is -0.420. The van der Waals surface area contributed by atoms with Crippen molar-refractivity contribution < 1.29 is 9.90 Å². The molecule has 2 atom stereocenters. The lowest BCUT2D eigenvalue weighted by Gasteiger charge is -2.22. The van der Waals surface area contributed by atoms with E-state index in [0.717, 1.165) is 30.2 Å². The molecule has 0 amide bonds. The van der Waals surface area contributed by atoms with Gasteiger partial charge in [0, 0.05) is 28.3 Å². The van der Waals surface area contributed by atoms with Gasteiger partial charge in [0.15, 0.2) is 0 Å². The fourth-order valence-corrected chi connectivity index (χ4v) is 3.99. The molecule has 0 radical (unpaired) electrons. The number of hydrogen-bond donors (Lipinski definition) is 1. The Balaban J connectivity index is 1.85. The summed E-state index contributed by atoms with van der Waals surface area (Å²) < 4.78 is 0. The third-order valence-corrected chi connectivity index (χ3v) is 5.44. The number of likely N-dealkylation sites (tertiary alicyclic amines) is 1. The Labute approximate surface area is 133 Å². The summed E-state index contributed by atoms with van der Waals surface area (Å²) in [6, 6.07) is 5.53. The zero-order chi connectivity index (χ0) is 14.7. The Morgan fingerprint density at radius 3 is 2.90 bits per heavy atom. The summed E-state index contributed by atoms with van der Waals surface area (Å²) in [5, 5.41) is 10.5. The number of aliphatic carboxylic acids is 1. The molecule has 1 aromatic carbocycles. The molecule has 1 aliphatic rings. The van der Waals surface area contributed by atoms with E-state index >= 15 is 0 Å². The van der Waals surface area contributed by atoms with E-state index in [9.17, 15) is 4.79 Å². The lowest BCUT2D eigenvalue weighted by molar-refractivity contribution is -0.142. The Kier molecular flexibility index (Phi) is 5.61. The number of carbonyl (C=O) groups is 1. The lowest BCUT2D eigenvalue weighted by atomic mass is 10.0. The molecule has 0 aromatic heterocycles. The smallest absolute Gasteiger partial charge is 0.308 e. The first-order valence-electron chi connectivity index (χ1n) is 6.53. The molecule has 2 rings (SSSR count). The fourth-order valence-electron chi connectivity index (χ4n) is 2.51. The second-order valence-electron chi connectivity index (χ2n) is 4.93. The molecule has 1 heterocycles. The summed E-state index contributed by atoms with van der Waals surface area (Å²) in [6.45, 7) is 3.70. The van der Waals surface area contributed by atoms with E-state index in [0.29, 0.717) is 10.0 Å². The van der Waals surface area contributed by atoms with Gasteiger partial charge in [-0.25, -0.2) is 0 Å². The molecule has 1 N–H and O–H groups in total. The van der Waals surface area contributed by atoms with Crippen molar-refractivity contribution in [1.82, 2.24) is 4.90 Å². The van der Waals surface area contributed by atoms with Gasteiger partial charge in [-0.05, 0) is 38.1 Å². The number of benzene rings is 1. The summed E-state index contributed by atoms with van der Waals surface area (Å²) in [5.74, 6) is -0.0585. The van der Waals surface area contributed by atoms with Crippen molar-refractivity contribution in [3.8, 4) is 0 Å². The minimum atomic E-state index is -0.689. The van der Waals surface area contributed by atoms with E-state index in [2.05, 4.69) is 4.90 Å². The first-order chi connectivity index (χ1) is 9.49. The largest absolute Gasteiger partial charge is 0.481 e. The van der Waals surface area contributed by atoms with Gasteiger partial charge in [-0.15, -0.1) is 11.8 Å². The van der Waals surface area contributed by atoms with Crippen LogP contribution < -0.4 is 0 Å². The molecule has 1 aliphatic heterocycles. The van der Waals surface area contributed by atoms with E-state index in [-0.39, 0.29) is 12.0 Å². The van der Waals surface area contributed by atoms with Crippen LogP contribution in [0.25, 0.3) is 0 Å². The molecule has 1 fully saturated rings. The van der Waals surface area contributed by atoms with Crippen molar-refractivity contribution in [3.05, 3.63) is 28.2 Å². The number of thioether (sulfide) groups is 1. The molecular weight excluding hydrogens is 317 g/mol. The number of carboxylic acids is 1. The quantitative estimate of drug-likeness (QED) is 0.830. The standard InChI is InChI=1S/C14H17Cl2NO2S/c1-9-11(14(18)19)4-5-17(9)6-7-20-13-8-10(15)2-3-12(13)16/h2-3,8-9,11H,4-7H2,1H3,(H,18,19). The molecule has 0 saturated carbocycles. The molecule has 0 spiro atoms. The van der Waals surface area contributed by atoms with Crippen molar-refractivity contribution in [3.63, 3.8) is 0 Å². The van der Waals surface area contributed by atoms with E-state index < -0.39 is 5.97 Å². The first kappa shape index (κ1) is 16.0. The minimum Gasteiger partial charge on any atom is -0.481 e. The molecule has 2 unspecified atom stereocenters. The van der Waals surface area contributed by atoms with E-state index in [1.54, 1.807) is 23.9 Å². The van der Waals surface area contributed by atoms with Gasteiger partial charge < -0.3 is 5.11 Å². The molecule has 6 heteroatoms. The third kappa shape index (κ3) is 3.82. The average molecular weight is 334 g/mol. The molecule has 110 valence electrons. The first-order valence-corrected chi connectivity index (χ1v) is 8.28. The van der Waals surface area contributed by atoms with Crippen LogP contribution >= 0.6 is 35.0 Å². The molecule has 3 nitrogen and oxygen atoms in total. The topological polar surface area (TPSA) is 40.5 Å². The van der Waals surface area contributed by atoms with Crippen LogP contribution in [0.4, 0.5) is 0 Å². The third-order valence-electron chi connectivity index (χ3n) is 3.73. The van der Waals surface area contributed by atoms with Gasteiger partial charge in [-0.2, -0.15) is 0 Å². The summed E-state index contributed by atoms with van der Waals surface area (Å²) >= 11 is 13.7. The van der Waals surface area contributed by atoms with E-state index in [4.69, 9.17) is 28.3 Å². The van der Waals surface area contributed by atoms with Gasteiger partial charge in [-0.1, -0.05) is 23.2 Å². The zero-order valence-corrected chi connectivity index (χ0v) is 13.5. The van der Waals surface area contributed by atoms with Crippen LogP contribution in [0.15, 0.2) is 23.1 Å². The summed E-state index contributed by atoms with van der Waals surface area (Å²) in [7, 11) is 0. The maximum atomic E-state index is 11.1. The van der Waals surface area contributed by atoms with Crippen LogP contribution in [-0.4, -0.2) is 40.9 Å². The molecule has 20 heavy (non-hydrogen) atoms. The summed E-state index contributed by atoms with van der Waals surface area (Å²) in [5.41, 5.74) is 0. The normalized spacial score (nSPS) is 23.1. The van der Waals surface area contributed by atoms with Crippen LogP contribution in [-0.2, 0) is 4.79 Å². The van der Waals surface area contributed by atoms with Crippen LogP contribution in [0.3, 0.4) is 0 Å². The lowest BCUT2D eigenvalue weighted by Crippen LogP contribution is -2.34. The molecule has 1 saturated heterocycles. The summed E-state index contributed by atoms with van der Waals surface area (Å²) in [4.78, 5) is 14.3. The zero-order valence-electron chi connectivity index (χ0n) is 11.2. The minimum absolute atomic E-state index is 0.0999. The van der Waals surface area contributed by atoms with E-state index in [1.807, 2.05) is 13.0 Å². The van der Waals surface area contributed by atoms with Crippen LogP contribution in [0.2, 0.25) is 10.0 Å². The number of nitrogens with zero attached hydrogens (tertiary/aromatic N) is 1. The van der Waals surface area contributed by atoms with Crippen molar-refractivity contribution in [2.24, 2.45) is 5.92 Å². The predicted molar refractivity (Wildman–Crippen MR) is 84.0 cm³/mol. The highest BCUT2D eigenvalue weighted by molar-refractivity contribution is 7.99. The maximum absolute atomic E-state index is 11.1. The van der Waals surface area contributed by atoms with Gasteiger partial charge in [0.1, 0.15) is 0 Å². The van der Waals surface area contributed by atoms with Gasteiger partial charge in [0.2, 0.25) is 0 Å². The molecule has 0 aliphatic carbocycles. The molecule has 0 bridgehead atoms. The highest BCUT2D eigenvalue weighted by atomic mass is 35.5. The van der Waals surface area contributed by atoms with Crippen LogP contribution in [0.1, 0.15) is 13.3 Å². The Morgan fingerprint density at radius 1 is 1.50 bits per heavy atom. The van der Waals surface area contributed by atoms with Crippen molar-refractivity contribution in [2.75, 3.05) is 18.8 Å². The Morgan fingerprint density at radius 2 is 2.25 bits per heavy atom. The molecular formula is C14H17Cl2NO2S. The van der Waals surface area contributed by atoms with E-state index in [1.165, 1.54) is 0 Å².